The minimum absolute atomic E-state index is 0.858. The van der Waals surface area contributed by atoms with E-state index in [-0.39, 0.29) is 0 Å². The van der Waals surface area contributed by atoms with Crippen LogP contribution >= 0.6 is 0 Å². The summed E-state index contributed by atoms with van der Waals surface area (Å²) in [6, 6.07) is 5.90. The van der Waals surface area contributed by atoms with Crippen LogP contribution in [0.25, 0.3) is 0 Å². The Hall–Kier alpha value is -1.38. The van der Waals surface area contributed by atoms with Crippen LogP contribution in [0.4, 0.5) is 11.4 Å². The fraction of sp³-hybridized carbons (Fsp3) is 0.455. The number of ether oxygens (including phenoxy) is 1. The van der Waals surface area contributed by atoms with Crippen molar-refractivity contribution in [3.8, 4) is 5.75 Å². The maximum absolute atomic E-state index is 5.15. The van der Waals surface area contributed by atoms with Crippen LogP contribution < -0.4 is 15.4 Å². The number of hydrogen-bond donors (Lipinski definition) is 2. The number of benzene rings is 1. The van der Waals surface area contributed by atoms with E-state index in [1.54, 1.807) is 7.11 Å². The highest BCUT2D eigenvalue weighted by Gasteiger charge is 2.00. The van der Waals surface area contributed by atoms with Crippen molar-refractivity contribution >= 4 is 11.4 Å². The summed E-state index contributed by atoms with van der Waals surface area (Å²) in [5.41, 5.74) is 2.06. The quantitative estimate of drug-likeness (QED) is 0.780. The van der Waals surface area contributed by atoms with Crippen LogP contribution in [0.1, 0.15) is 13.8 Å². The maximum Gasteiger partial charge on any atom is 0.142 e. The van der Waals surface area contributed by atoms with Gasteiger partial charge in [0.05, 0.1) is 12.8 Å². The lowest BCUT2D eigenvalue weighted by atomic mass is 10.2. The fourth-order valence-corrected chi connectivity index (χ4v) is 1.06. The number of rotatable bonds is 3. The first kappa shape index (κ1) is 12.6. The molecule has 1 aromatic rings. The van der Waals surface area contributed by atoms with Gasteiger partial charge in [-0.25, -0.2) is 0 Å². The van der Waals surface area contributed by atoms with E-state index in [9.17, 15) is 0 Å². The van der Waals surface area contributed by atoms with E-state index in [4.69, 9.17) is 4.74 Å². The summed E-state index contributed by atoms with van der Waals surface area (Å²) in [5, 5.41) is 6.11. The van der Waals surface area contributed by atoms with Gasteiger partial charge in [-0.05, 0) is 18.2 Å². The van der Waals surface area contributed by atoms with Gasteiger partial charge in [0, 0.05) is 19.8 Å². The number of methoxy groups -OCH3 is 1. The van der Waals surface area contributed by atoms with Crippen molar-refractivity contribution in [3.05, 3.63) is 18.2 Å². The lowest BCUT2D eigenvalue weighted by Gasteiger charge is -2.09. The van der Waals surface area contributed by atoms with E-state index in [1.807, 2.05) is 46.1 Å². The smallest absolute Gasteiger partial charge is 0.142 e. The Kier molecular flexibility index (Phi) is 6.37. The average molecular weight is 196 g/mol. The molecular formula is C11H20N2O. The summed E-state index contributed by atoms with van der Waals surface area (Å²) in [5.74, 6) is 0.858. The molecule has 0 bridgehead atoms. The predicted octanol–water partition coefficient (Wildman–Crippen LogP) is 2.80. The molecule has 14 heavy (non-hydrogen) atoms. The lowest BCUT2D eigenvalue weighted by molar-refractivity contribution is 0.416. The molecule has 0 aliphatic heterocycles. The Bertz CT molecular complexity index is 261. The summed E-state index contributed by atoms with van der Waals surface area (Å²) in [6.07, 6.45) is 0. The molecule has 0 saturated carbocycles. The molecule has 2 N–H and O–H groups in total. The molecule has 0 saturated heterocycles. The zero-order chi connectivity index (χ0) is 11.0. The van der Waals surface area contributed by atoms with Crippen molar-refractivity contribution in [1.29, 1.82) is 0 Å². The Morgan fingerprint density at radius 2 is 1.71 bits per heavy atom. The summed E-state index contributed by atoms with van der Waals surface area (Å²) in [6.45, 7) is 4.00. The topological polar surface area (TPSA) is 33.3 Å². The highest BCUT2D eigenvalue weighted by Crippen LogP contribution is 2.26. The van der Waals surface area contributed by atoms with Crippen LogP contribution in [0.3, 0.4) is 0 Å². The zero-order valence-electron chi connectivity index (χ0n) is 9.64. The lowest BCUT2D eigenvalue weighted by Crippen LogP contribution is -1.95. The average Bonchev–Trinajstić information content (AvgIpc) is 2.30. The fourth-order valence-electron chi connectivity index (χ4n) is 1.06. The summed E-state index contributed by atoms with van der Waals surface area (Å²) >= 11 is 0. The molecule has 80 valence electrons. The van der Waals surface area contributed by atoms with Gasteiger partial charge >= 0.3 is 0 Å². The molecular weight excluding hydrogens is 176 g/mol. The first-order chi connectivity index (χ1) is 6.81. The van der Waals surface area contributed by atoms with Crippen LogP contribution in [0.5, 0.6) is 5.75 Å². The van der Waals surface area contributed by atoms with E-state index >= 15 is 0 Å². The summed E-state index contributed by atoms with van der Waals surface area (Å²) < 4.78 is 5.15. The van der Waals surface area contributed by atoms with E-state index < -0.39 is 0 Å². The molecule has 0 aromatic heterocycles. The molecule has 0 amide bonds. The minimum atomic E-state index is 0.858. The maximum atomic E-state index is 5.15. The van der Waals surface area contributed by atoms with Crippen LogP contribution in [0.15, 0.2) is 18.2 Å². The van der Waals surface area contributed by atoms with Crippen molar-refractivity contribution in [2.24, 2.45) is 0 Å². The largest absolute Gasteiger partial charge is 0.495 e. The molecule has 1 aromatic carbocycles. The summed E-state index contributed by atoms with van der Waals surface area (Å²) in [7, 11) is 5.42. The third-order valence-electron chi connectivity index (χ3n) is 1.76. The molecule has 0 radical (unpaired) electrons. The Labute approximate surface area is 86.5 Å². The third-order valence-corrected chi connectivity index (χ3v) is 1.76. The molecule has 0 heterocycles. The normalized spacial score (nSPS) is 8.36. The van der Waals surface area contributed by atoms with E-state index in [1.165, 1.54) is 0 Å². The van der Waals surface area contributed by atoms with E-state index in [2.05, 4.69) is 10.6 Å². The van der Waals surface area contributed by atoms with E-state index in [0.717, 1.165) is 17.1 Å². The third kappa shape index (κ3) is 3.17. The molecule has 1 rings (SSSR count). The molecule has 3 heteroatoms. The van der Waals surface area contributed by atoms with Gasteiger partial charge in [0.2, 0.25) is 0 Å². The number of anilines is 2. The second kappa shape index (κ2) is 7.06. The van der Waals surface area contributed by atoms with Gasteiger partial charge in [-0.3, -0.25) is 0 Å². The second-order valence-electron chi connectivity index (χ2n) is 2.42. The van der Waals surface area contributed by atoms with Crippen LogP contribution in [-0.2, 0) is 0 Å². The highest BCUT2D eigenvalue weighted by atomic mass is 16.5. The highest BCUT2D eigenvalue weighted by molar-refractivity contribution is 5.64. The molecule has 0 fully saturated rings. The van der Waals surface area contributed by atoms with Crippen LogP contribution in [0, 0.1) is 0 Å². The molecule has 0 atom stereocenters. The van der Waals surface area contributed by atoms with Gasteiger partial charge < -0.3 is 15.4 Å². The van der Waals surface area contributed by atoms with Gasteiger partial charge in [0.1, 0.15) is 5.75 Å². The number of hydrogen-bond acceptors (Lipinski definition) is 3. The van der Waals surface area contributed by atoms with Gasteiger partial charge in [0.15, 0.2) is 0 Å². The monoisotopic (exact) mass is 196 g/mol. The Balaban J connectivity index is 0.000000791. The molecule has 0 spiro atoms. The molecule has 0 aliphatic carbocycles. The van der Waals surface area contributed by atoms with Gasteiger partial charge in [-0.1, -0.05) is 13.8 Å². The first-order valence-electron chi connectivity index (χ1n) is 4.85. The predicted molar refractivity (Wildman–Crippen MR) is 63.4 cm³/mol. The standard InChI is InChI=1S/C9H14N2O.C2H6/c1-10-7-4-5-9(12-3)8(6-7)11-2;1-2/h4-6,10-11H,1-3H3;1-2H3. The number of nitrogens with one attached hydrogen (secondary N) is 2. The first-order valence-corrected chi connectivity index (χ1v) is 4.85. The van der Waals surface area contributed by atoms with Crippen LogP contribution in [0.2, 0.25) is 0 Å². The Morgan fingerprint density at radius 1 is 1.07 bits per heavy atom. The second-order valence-corrected chi connectivity index (χ2v) is 2.42. The molecule has 0 aliphatic rings. The van der Waals surface area contributed by atoms with Crippen LogP contribution in [-0.4, -0.2) is 21.2 Å². The van der Waals surface area contributed by atoms with Gasteiger partial charge in [-0.2, -0.15) is 0 Å². The minimum Gasteiger partial charge on any atom is -0.495 e. The molecule has 3 nitrogen and oxygen atoms in total. The molecule has 0 unspecified atom stereocenters. The van der Waals surface area contributed by atoms with Gasteiger partial charge in [-0.15, -0.1) is 0 Å². The zero-order valence-corrected chi connectivity index (χ0v) is 9.64. The van der Waals surface area contributed by atoms with E-state index in [0.29, 0.717) is 0 Å². The Morgan fingerprint density at radius 3 is 2.14 bits per heavy atom. The van der Waals surface area contributed by atoms with Crippen molar-refractivity contribution in [3.63, 3.8) is 0 Å². The van der Waals surface area contributed by atoms with Crippen molar-refractivity contribution in [2.75, 3.05) is 31.8 Å². The summed E-state index contributed by atoms with van der Waals surface area (Å²) in [4.78, 5) is 0. The SMILES string of the molecule is CC.CNc1ccc(OC)c(NC)c1. The van der Waals surface area contributed by atoms with Crippen molar-refractivity contribution in [2.45, 2.75) is 13.8 Å². The van der Waals surface area contributed by atoms with Crippen molar-refractivity contribution in [1.82, 2.24) is 0 Å². The van der Waals surface area contributed by atoms with Gasteiger partial charge in [0.25, 0.3) is 0 Å². The van der Waals surface area contributed by atoms with Crippen molar-refractivity contribution < 1.29 is 4.74 Å².